The number of hydrogen-bond acceptors (Lipinski definition) is 4. The summed E-state index contributed by atoms with van der Waals surface area (Å²) in [6.45, 7) is 2.31. The van der Waals surface area contributed by atoms with E-state index in [-0.39, 0.29) is 13.0 Å². The van der Waals surface area contributed by atoms with Gasteiger partial charge in [-0.05, 0) is 13.8 Å². The summed E-state index contributed by atoms with van der Waals surface area (Å²) >= 11 is 0. The van der Waals surface area contributed by atoms with Crippen LogP contribution in [0.3, 0.4) is 0 Å². The molecule has 4 amide bonds. The van der Waals surface area contributed by atoms with Crippen LogP contribution in [-0.2, 0) is 14.4 Å². The van der Waals surface area contributed by atoms with E-state index in [9.17, 15) is 19.2 Å². The van der Waals surface area contributed by atoms with Crippen molar-refractivity contribution >= 4 is 23.8 Å². The second-order valence-corrected chi connectivity index (χ2v) is 4.51. The van der Waals surface area contributed by atoms with Gasteiger partial charge in [0.05, 0.1) is 6.54 Å². The van der Waals surface area contributed by atoms with Gasteiger partial charge in [0.25, 0.3) is 0 Å². The van der Waals surface area contributed by atoms with Gasteiger partial charge in [0, 0.05) is 12.0 Å². The largest absolute Gasteiger partial charge is 0.480 e. The van der Waals surface area contributed by atoms with E-state index >= 15 is 0 Å². The van der Waals surface area contributed by atoms with E-state index in [0.29, 0.717) is 0 Å². The topological polar surface area (TPSA) is 151 Å². The van der Waals surface area contributed by atoms with Gasteiger partial charge in [-0.15, -0.1) is 0 Å². The first kappa shape index (κ1) is 16.7. The molecule has 0 bridgehead atoms. The Balaban J connectivity index is 4.01. The average molecular weight is 274 g/mol. The minimum atomic E-state index is -1.18. The van der Waals surface area contributed by atoms with Gasteiger partial charge in [0.15, 0.2) is 0 Å². The normalized spacial score (nSPS) is 10.4. The fourth-order valence-electron chi connectivity index (χ4n) is 1.23. The molecule has 0 aliphatic heterocycles. The molecule has 6 N–H and O–H groups in total. The average Bonchev–Trinajstić information content (AvgIpc) is 2.20. The molecule has 0 heterocycles. The number of rotatable bonds is 7. The molecular weight excluding hydrogens is 256 g/mol. The van der Waals surface area contributed by atoms with Crippen molar-refractivity contribution in [1.29, 1.82) is 0 Å². The summed E-state index contributed by atoms with van der Waals surface area (Å²) in [7, 11) is 0. The van der Waals surface area contributed by atoms with E-state index in [1.165, 1.54) is 0 Å². The van der Waals surface area contributed by atoms with Gasteiger partial charge in [0.1, 0.15) is 6.54 Å². The number of carbonyl (C=O) groups is 4. The molecular formula is C10H18N4O5. The minimum absolute atomic E-state index is 0.0500. The van der Waals surface area contributed by atoms with Crippen LogP contribution in [-0.4, -0.2) is 47.5 Å². The Hall–Kier alpha value is -2.32. The number of carbonyl (C=O) groups excluding carboxylic acids is 3. The maximum atomic E-state index is 11.4. The second kappa shape index (κ2) is 7.19. The molecule has 0 unspecified atom stereocenters. The lowest BCUT2D eigenvalue weighted by molar-refractivity contribution is -0.137. The first-order chi connectivity index (χ1) is 8.62. The van der Waals surface area contributed by atoms with E-state index in [1.807, 2.05) is 0 Å². The summed E-state index contributed by atoms with van der Waals surface area (Å²) in [5.41, 5.74) is 4.17. The standard InChI is InChI=1S/C10H18N4O5/c1-10(2,3-6(11)15)14-9(19)13-4-7(16)12-5-8(17)18/h3-5H2,1-2H3,(H2,11,15)(H,12,16)(H,17,18)(H2,13,14,19). The number of hydrogen-bond donors (Lipinski definition) is 5. The van der Waals surface area contributed by atoms with Crippen LogP contribution in [0.5, 0.6) is 0 Å². The molecule has 9 heteroatoms. The summed E-state index contributed by atoms with van der Waals surface area (Å²) in [6, 6.07) is -0.656. The third kappa shape index (κ3) is 9.39. The zero-order valence-electron chi connectivity index (χ0n) is 10.8. The Labute approximate surface area is 109 Å². The number of nitrogens with two attached hydrogens (primary N) is 1. The van der Waals surface area contributed by atoms with Crippen molar-refractivity contribution in [2.24, 2.45) is 5.73 Å². The lowest BCUT2D eigenvalue weighted by atomic mass is 10.0. The van der Waals surface area contributed by atoms with Crippen LogP contribution < -0.4 is 21.7 Å². The van der Waals surface area contributed by atoms with Crippen LogP contribution in [0.4, 0.5) is 4.79 Å². The zero-order valence-corrected chi connectivity index (χ0v) is 10.8. The molecule has 0 fully saturated rings. The van der Waals surface area contributed by atoms with Gasteiger partial charge in [-0.25, -0.2) is 4.79 Å². The molecule has 0 aromatic carbocycles. The van der Waals surface area contributed by atoms with E-state index in [2.05, 4.69) is 16.0 Å². The van der Waals surface area contributed by atoms with Crippen LogP contribution in [0.15, 0.2) is 0 Å². The molecule has 0 aliphatic rings. The Kier molecular flexibility index (Phi) is 6.31. The molecule has 9 nitrogen and oxygen atoms in total. The fraction of sp³-hybridized carbons (Fsp3) is 0.600. The molecule has 0 saturated carbocycles. The summed E-state index contributed by atoms with van der Waals surface area (Å²) in [5, 5.41) is 15.1. The van der Waals surface area contributed by atoms with Crippen molar-refractivity contribution < 1.29 is 24.3 Å². The SMILES string of the molecule is CC(C)(CC(N)=O)NC(=O)NCC(=O)NCC(=O)O. The van der Waals surface area contributed by atoms with Crippen LogP contribution in [0, 0.1) is 0 Å². The molecule has 0 aromatic heterocycles. The number of urea groups is 1. The van der Waals surface area contributed by atoms with Crippen LogP contribution >= 0.6 is 0 Å². The van der Waals surface area contributed by atoms with E-state index in [4.69, 9.17) is 10.8 Å². The number of aliphatic carboxylic acids is 1. The predicted molar refractivity (Wildman–Crippen MR) is 65.1 cm³/mol. The molecule has 0 spiro atoms. The van der Waals surface area contributed by atoms with E-state index in [0.717, 1.165) is 0 Å². The Morgan fingerprint density at radius 1 is 1.11 bits per heavy atom. The number of primary amides is 1. The van der Waals surface area contributed by atoms with Crippen molar-refractivity contribution in [2.45, 2.75) is 25.8 Å². The Morgan fingerprint density at radius 3 is 2.16 bits per heavy atom. The highest BCUT2D eigenvalue weighted by Gasteiger charge is 2.22. The first-order valence-electron chi connectivity index (χ1n) is 5.45. The fourth-order valence-corrected chi connectivity index (χ4v) is 1.23. The van der Waals surface area contributed by atoms with Crippen molar-refractivity contribution in [1.82, 2.24) is 16.0 Å². The quantitative estimate of drug-likeness (QED) is 0.369. The lowest BCUT2D eigenvalue weighted by Crippen LogP contribution is -2.51. The molecule has 0 atom stereocenters. The van der Waals surface area contributed by atoms with Gasteiger partial charge < -0.3 is 26.8 Å². The van der Waals surface area contributed by atoms with Crippen LogP contribution in [0.1, 0.15) is 20.3 Å². The third-order valence-corrected chi connectivity index (χ3v) is 1.91. The maximum absolute atomic E-state index is 11.4. The second-order valence-electron chi connectivity index (χ2n) is 4.51. The molecule has 19 heavy (non-hydrogen) atoms. The van der Waals surface area contributed by atoms with E-state index < -0.39 is 35.9 Å². The molecule has 0 saturated heterocycles. The number of carboxylic acids is 1. The molecule has 0 rings (SSSR count). The molecule has 0 aromatic rings. The number of amides is 4. The highest BCUT2D eigenvalue weighted by Crippen LogP contribution is 2.06. The Bertz CT molecular complexity index is 380. The van der Waals surface area contributed by atoms with Crippen molar-refractivity contribution in [3.05, 3.63) is 0 Å². The number of nitrogens with one attached hydrogen (secondary N) is 3. The smallest absolute Gasteiger partial charge is 0.322 e. The van der Waals surface area contributed by atoms with E-state index in [1.54, 1.807) is 13.8 Å². The summed E-state index contributed by atoms with van der Waals surface area (Å²) < 4.78 is 0. The summed E-state index contributed by atoms with van der Waals surface area (Å²) in [4.78, 5) is 43.4. The Morgan fingerprint density at radius 2 is 1.68 bits per heavy atom. The van der Waals surface area contributed by atoms with Gasteiger partial charge in [-0.3, -0.25) is 14.4 Å². The van der Waals surface area contributed by atoms with Gasteiger partial charge >= 0.3 is 12.0 Å². The van der Waals surface area contributed by atoms with Crippen molar-refractivity contribution in [2.75, 3.05) is 13.1 Å². The monoisotopic (exact) mass is 274 g/mol. The third-order valence-electron chi connectivity index (χ3n) is 1.91. The number of carboxylic acid groups (broad SMARTS) is 1. The minimum Gasteiger partial charge on any atom is -0.480 e. The van der Waals surface area contributed by atoms with Crippen LogP contribution in [0.25, 0.3) is 0 Å². The highest BCUT2D eigenvalue weighted by atomic mass is 16.4. The first-order valence-corrected chi connectivity index (χ1v) is 5.45. The van der Waals surface area contributed by atoms with Crippen molar-refractivity contribution in [3.63, 3.8) is 0 Å². The molecule has 108 valence electrons. The summed E-state index contributed by atoms with van der Waals surface area (Å²) in [5.74, 6) is -2.38. The molecule has 0 radical (unpaired) electrons. The van der Waals surface area contributed by atoms with Gasteiger partial charge in [0.2, 0.25) is 11.8 Å². The zero-order chi connectivity index (χ0) is 15.1. The van der Waals surface area contributed by atoms with Gasteiger partial charge in [-0.2, -0.15) is 0 Å². The lowest BCUT2D eigenvalue weighted by Gasteiger charge is -2.24. The highest BCUT2D eigenvalue weighted by molar-refractivity contribution is 5.86. The predicted octanol–water partition coefficient (Wildman–Crippen LogP) is -1.86. The maximum Gasteiger partial charge on any atom is 0.322 e. The summed E-state index contributed by atoms with van der Waals surface area (Å²) in [6.07, 6.45) is -0.0500. The molecule has 0 aliphatic carbocycles. The van der Waals surface area contributed by atoms with Crippen LogP contribution in [0.2, 0.25) is 0 Å². The van der Waals surface area contributed by atoms with Gasteiger partial charge in [-0.1, -0.05) is 0 Å². The van der Waals surface area contributed by atoms with Crippen molar-refractivity contribution in [3.8, 4) is 0 Å².